The van der Waals surface area contributed by atoms with E-state index in [1.54, 1.807) is 0 Å². The van der Waals surface area contributed by atoms with E-state index in [1.807, 2.05) is 0 Å². The van der Waals surface area contributed by atoms with Crippen molar-refractivity contribution in [3.8, 4) is 0 Å². The molecule has 0 aromatic rings. The zero-order valence-electron chi connectivity index (χ0n) is 6.77. The zero-order chi connectivity index (χ0) is 8.77. The molecule has 2 atom stereocenters. The Morgan fingerprint density at radius 2 is 1.58 bits per heavy atom. The van der Waals surface area contributed by atoms with Gasteiger partial charge in [0.15, 0.2) is 0 Å². The van der Waals surface area contributed by atoms with Gasteiger partial charge in [0.1, 0.15) is 0 Å². The van der Waals surface area contributed by atoms with E-state index in [1.165, 1.54) is 25.7 Å². The van der Waals surface area contributed by atoms with Crippen molar-refractivity contribution in [1.29, 1.82) is 0 Å². The smallest absolute Gasteiger partial charge is 0.203 e. The molecule has 2 fully saturated rings. The maximum Gasteiger partial charge on any atom is 0.203 e. The number of hydrogen-bond acceptors (Lipinski definition) is 1. The summed E-state index contributed by atoms with van der Waals surface area (Å²) < 4.78 is -1.09. The van der Waals surface area contributed by atoms with Crippen LogP contribution in [0, 0.1) is 0 Å². The van der Waals surface area contributed by atoms with Gasteiger partial charge in [0.2, 0.25) is 3.79 Å². The van der Waals surface area contributed by atoms with Gasteiger partial charge in [0.25, 0.3) is 0 Å². The summed E-state index contributed by atoms with van der Waals surface area (Å²) in [5.74, 6) is 0. The number of hydrogen-bond donors (Lipinski definition) is 0. The Morgan fingerprint density at radius 3 is 2.00 bits per heavy atom. The van der Waals surface area contributed by atoms with Gasteiger partial charge in [-0.3, -0.25) is 4.90 Å². The highest BCUT2D eigenvalue weighted by Gasteiger charge is 2.50. The fourth-order valence-corrected chi connectivity index (χ4v) is 2.67. The summed E-state index contributed by atoms with van der Waals surface area (Å²) in [5, 5.41) is 0. The van der Waals surface area contributed by atoms with Gasteiger partial charge < -0.3 is 0 Å². The molecule has 2 aliphatic rings. The molecule has 0 bridgehead atoms. The van der Waals surface area contributed by atoms with Gasteiger partial charge in [-0.2, -0.15) is 0 Å². The monoisotopic (exact) mass is 227 g/mol. The first kappa shape index (κ1) is 9.39. The van der Waals surface area contributed by atoms with Gasteiger partial charge in [0.05, 0.1) is 0 Å². The lowest BCUT2D eigenvalue weighted by Crippen LogP contribution is -2.19. The standard InChI is InChI=1S/C8H12Cl3N/c9-8(10,11)5-12-6-3-1-2-4-7(6)12/h6-7H,1-5H2. The van der Waals surface area contributed by atoms with Crippen LogP contribution in [0.25, 0.3) is 0 Å². The van der Waals surface area contributed by atoms with Crippen LogP contribution in [0.3, 0.4) is 0 Å². The SMILES string of the molecule is ClC(Cl)(Cl)CN1C2CCCCC21. The van der Waals surface area contributed by atoms with Crippen LogP contribution in [0.5, 0.6) is 0 Å². The summed E-state index contributed by atoms with van der Waals surface area (Å²) in [6.45, 7) is 0.604. The second kappa shape index (κ2) is 3.20. The van der Waals surface area contributed by atoms with Crippen molar-refractivity contribution in [2.24, 2.45) is 0 Å². The molecule has 0 aromatic heterocycles. The molecule has 0 amide bonds. The molecule has 70 valence electrons. The molecule has 2 unspecified atom stereocenters. The number of likely N-dealkylation sites (tertiary alicyclic amines) is 1. The molecule has 1 saturated carbocycles. The Morgan fingerprint density at radius 1 is 1.08 bits per heavy atom. The molecule has 1 saturated heterocycles. The van der Waals surface area contributed by atoms with Crippen LogP contribution in [0.2, 0.25) is 0 Å². The predicted octanol–water partition coefficient (Wildman–Crippen LogP) is 2.98. The number of halogens is 3. The van der Waals surface area contributed by atoms with E-state index in [9.17, 15) is 0 Å². The van der Waals surface area contributed by atoms with E-state index in [0.29, 0.717) is 6.54 Å². The summed E-state index contributed by atoms with van der Waals surface area (Å²) in [7, 11) is 0. The third kappa shape index (κ3) is 2.01. The molecule has 2 rings (SSSR count). The highest BCUT2D eigenvalue weighted by molar-refractivity contribution is 6.67. The van der Waals surface area contributed by atoms with Gasteiger partial charge in [-0.1, -0.05) is 47.6 Å². The fraction of sp³-hybridized carbons (Fsp3) is 1.00. The number of nitrogens with zero attached hydrogens (tertiary/aromatic N) is 1. The Labute approximate surface area is 88.0 Å². The fourth-order valence-electron chi connectivity index (χ4n) is 2.26. The minimum atomic E-state index is -1.09. The Bertz CT molecular complexity index is 166. The third-order valence-corrected chi connectivity index (χ3v) is 3.18. The second-order valence-electron chi connectivity index (χ2n) is 3.71. The van der Waals surface area contributed by atoms with Crippen LogP contribution in [0.4, 0.5) is 0 Å². The predicted molar refractivity (Wildman–Crippen MR) is 53.0 cm³/mol. The lowest BCUT2D eigenvalue weighted by atomic mass is 10.0. The minimum absolute atomic E-state index is 0.604. The van der Waals surface area contributed by atoms with Crippen LogP contribution in [-0.2, 0) is 0 Å². The second-order valence-corrected chi connectivity index (χ2v) is 6.22. The van der Waals surface area contributed by atoms with Crippen LogP contribution in [-0.4, -0.2) is 27.3 Å². The molecule has 1 aliphatic carbocycles. The van der Waals surface area contributed by atoms with E-state index in [0.717, 1.165) is 12.1 Å². The van der Waals surface area contributed by atoms with Crippen LogP contribution < -0.4 is 0 Å². The average Bonchev–Trinajstić information content (AvgIpc) is 2.61. The Balaban J connectivity index is 1.85. The quantitative estimate of drug-likeness (QED) is 0.493. The van der Waals surface area contributed by atoms with Gasteiger partial charge in [-0.15, -0.1) is 0 Å². The number of fused-ring (bicyclic) bond motifs is 1. The molecule has 0 radical (unpaired) electrons. The van der Waals surface area contributed by atoms with Crippen molar-refractivity contribution in [3.05, 3.63) is 0 Å². The van der Waals surface area contributed by atoms with E-state index >= 15 is 0 Å². The average molecular weight is 229 g/mol. The normalized spacial score (nSPS) is 40.8. The highest BCUT2D eigenvalue weighted by atomic mass is 35.6. The van der Waals surface area contributed by atoms with Crippen molar-refractivity contribution < 1.29 is 0 Å². The van der Waals surface area contributed by atoms with Gasteiger partial charge >= 0.3 is 0 Å². The van der Waals surface area contributed by atoms with E-state index < -0.39 is 3.79 Å². The molecule has 12 heavy (non-hydrogen) atoms. The first-order chi connectivity index (χ1) is 5.58. The lowest BCUT2D eigenvalue weighted by molar-refractivity contribution is 0.488. The van der Waals surface area contributed by atoms with E-state index in [2.05, 4.69) is 4.90 Å². The highest BCUT2D eigenvalue weighted by Crippen LogP contribution is 2.43. The molecular weight excluding hydrogens is 216 g/mol. The molecule has 1 heterocycles. The summed E-state index contributed by atoms with van der Waals surface area (Å²) in [5.41, 5.74) is 0. The lowest BCUT2D eigenvalue weighted by Gasteiger charge is -2.11. The molecule has 1 nitrogen and oxygen atoms in total. The molecule has 0 spiro atoms. The summed E-state index contributed by atoms with van der Waals surface area (Å²) in [6, 6.07) is 1.46. The van der Waals surface area contributed by atoms with Gasteiger partial charge in [0, 0.05) is 18.6 Å². The maximum atomic E-state index is 5.72. The number of alkyl halides is 3. The Hall–Kier alpha value is 0.830. The largest absolute Gasteiger partial charge is 0.290 e. The van der Waals surface area contributed by atoms with Crippen molar-refractivity contribution in [3.63, 3.8) is 0 Å². The Kier molecular flexibility index (Phi) is 2.50. The van der Waals surface area contributed by atoms with Crippen LogP contribution >= 0.6 is 34.8 Å². The molecule has 1 aliphatic heterocycles. The van der Waals surface area contributed by atoms with Gasteiger partial charge in [-0.25, -0.2) is 0 Å². The maximum absolute atomic E-state index is 5.72. The zero-order valence-corrected chi connectivity index (χ0v) is 9.04. The van der Waals surface area contributed by atoms with E-state index in [-0.39, 0.29) is 0 Å². The third-order valence-electron chi connectivity index (χ3n) is 2.82. The molecule has 0 N–H and O–H groups in total. The van der Waals surface area contributed by atoms with Crippen LogP contribution in [0.1, 0.15) is 25.7 Å². The molecular formula is C8H12Cl3N. The van der Waals surface area contributed by atoms with Crippen molar-refractivity contribution in [2.45, 2.75) is 41.6 Å². The minimum Gasteiger partial charge on any atom is -0.290 e. The first-order valence-corrected chi connectivity index (χ1v) is 5.54. The molecule has 4 heteroatoms. The topological polar surface area (TPSA) is 3.01 Å². The van der Waals surface area contributed by atoms with Crippen molar-refractivity contribution >= 4 is 34.8 Å². The van der Waals surface area contributed by atoms with Crippen molar-refractivity contribution in [2.75, 3.05) is 6.54 Å². The first-order valence-electron chi connectivity index (χ1n) is 4.40. The summed E-state index contributed by atoms with van der Waals surface area (Å²) in [4.78, 5) is 2.32. The molecule has 0 aromatic carbocycles. The van der Waals surface area contributed by atoms with E-state index in [4.69, 9.17) is 34.8 Å². The summed E-state index contributed by atoms with van der Waals surface area (Å²) in [6.07, 6.45) is 5.28. The summed E-state index contributed by atoms with van der Waals surface area (Å²) >= 11 is 17.2. The number of rotatable bonds is 1. The van der Waals surface area contributed by atoms with Gasteiger partial charge in [-0.05, 0) is 12.8 Å². The van der Waals surface area contributed by atoms with Crippen molar-refractivity contribution in [1.82, 2.24) is 4.90 Å². The van der Waals surface area contributed by atoms with Crippen LogP contribution in [0.15, 0.2) is 0 Å².